The zero-order valence-electron chi connectivity index (χ0n) is 41.2. The van der Waals surface area contributed by atoms with Gasteiger partial charge in [0, 0.05) is 72.1 Å². The van der Waals surface area contributed by atoms with Gasteiger partial charge in [0.2, 0.25) is 6.41 Å². The number of alkyl carbamates (subject to hydrolysis) is 1. The molecule has 19 heteroatoms. The third-order valence-corrected chi connectivity index (χ3v) is 10.6. The third kappa shape index (κ3) is 21.6. The van der Waals surface area contributed by atoms with Gasteiger partial charge >= 0.3 is 6.09 Å². The Balaban J connectivity index is 1.95. The van der Waals surface area contributed by atoms with Gasteiger partial charge in [0.15, 0.2) is 0 Å². The van der Waals surface area contributed by atoms with Crippen molar-refractivity contribution in [3.05, 3.63) is 58.7 Å². The Morgan fingerprint density at radius 2 is 1.19 bits per heavy atom. The Morgan fingerprint density at radius 1 is 0.691 bits per heavy atom. The Kier molecular flexibility index (Phi) is 27.0. The number of nitrogens with zero attached hydrogens (tertiary/aromatic N) is 2. The van der Waals surface area contributed by atoms with Gasteiger partial charge in [-0.25, -0.2) is 4.79 Å². The van der Waals surface area contributed by atoms with Crippen LogP contribution in [0.15, 0.2) is 36.4 Å². The van der Waals surface area contributed by atoms with E-state index in [2.05, 4.69) is 26.6 Å². The molecule has 0 spiro atoms. The average Bonchev–Trinajstić information content (AvgIpc) is 3.30. The van der Waals surface area contributed by atoms with Gasteiger partial charge in [0.25, 0.3) is 23.6 Å². The first-order valence-corrected chi connectivity index (χ1v) is 24.0. The minimum absolute atomic E-state index is 0.0514. The van der Waals surface area contributed by atoms with E-state index in [1.807, 2.05) is 18.7 Å². The van der Waals surface area contributed by atoms with Gasteiger partial charge in [-0.1, -0.05) is 38.8 Å². The predicted molar refractivity (Wildman–Crippen MR) is 258 cm³/mol. The van der Waals surface area contributed by atoms with E-state index in [0.717, 1.165) is 12.8 Å². The van der Waals surface area contributed by atoms with Crippen molar-refractivity contribution >= 4 is 36.1 Å². The average molecular weight is 956 g/mol. The summed E-state index contributed by atoms with van der Waals surface area (Å²) in [7, 11) is 1.61. The number of amides is 6. The van der Waals surface area contributed by atoms with Gasteiger partial charge < -0.3 is 59.9 Å². The molecule has 0 aromatic heterocycles. The molecule has 2 aromatic carbocycles. The van der Waals surface area contributed by atoms with Crippen LogP contribution in [0.3, 0.4) is 0 Å². The lowest BCUT2D eigenvalue weighted by atomic mass is 10.0. The van der Waals surface area contributed by atoms with Gasteiger partial charge in [-0.15, -0.1) is 0 Å². The number of rotatable bonds is 23. The van der Waals surface area contributed by atoms with Crippen LogP contribution >= 0.6 is 0 Å². The number of fused-ring (bicyclic) bond motifs is 4. The lowest BCUT2D eigenvalue weighted by Crippen LogP contribution is -2.45. The van der Waals surface area contributed by atoms with Crippen LogP contribution < -0.4 is 36.1 Å². The largest absolute Gasteiger partial charge is 0.492 e. The molecule has 5 N–H and O–H groups in total. The van der Waals surface area contributed by atoms with Gasteiger partial charge in [-0.05, 0) is 77.1 Å². The molecule has 0 aliphatic carbocycles. The maximum absolute atomic E-state index is 14.3. The lowest BCUT2D eigenvalue weighted by Gasteiger charge is -2.26. The highest BCUT2D eigenvalue weighted by Crippen LogP contribution is 2.27. The maximum Gasteiger partial charge on any atom is 0.407 e. The number of carbonyl (C=O) groups excluding carboxylic acids is 6. The maximum atomic E-state index is 14.3. The van der Waals surface area contributed by atoms with Crippen LogP contribution in [0.1, 0.15) is 121 Å². The molecule has 1 aliphatic heterocycles. The first kappa shape index (κ1) is 56.8. The summed E-state index contributed by atoms with van der Waals surface area (Å²) >= 11 is 0. The quantitative estimate of drug-likeness (QED) is 0.0780. The fourth-order valence-electron chi connectivity index (χ4n) is 6.95. The van der Waals surface area contributed by atoms with E-state index in [9.17, 15) is 28.8 Å². The molecule has 1 heterocycles. The van der Waals surface area contributed by atoms with Gasteiger partial charge in [0.1, 0.15) is 17.1 Å². The highest BCUT2D eigenvalue weighted by Gasteiger charge is 2.25. The summed E-state index contributed by atoms with van der Waals surface area (Å²) in [6.07, 6.45) is 4.70. The fourth-order valence-corrected chi connectivity index (χ4v) is 6.95. The lowest BCUT2D eigenvalue weighted by molar-refractivity contribution is -0.118. The van der Waals surface area contributed by atoms with E-state index in [4.69, 9.17) is 28.4 Å². The first-order valence-electron chi connectivity index (χ1n) is 24.0. The molecular formula is C49H77N7O12. The second-order valence-corrected chi connectivity index (χ2v) is 17.3. The van der Waals surface area contributed by atoms with Crippen molar-refractivity contribution < 1.29 is 57.2 Å². The topological polar surface area (TPSA) is 224 Å². The Hall–Kier alpha value is -5.50. The molecular weight excluding hydrogens is 879 g/mol. The molecule has 1 unspecified atom stereocenters. The van der Waals surface area contributed by atoms with Gasteiger partial charge in [-0.3, -0.25) is 28.9 Å². The molecule has 6 amide bonds. The van der Waals surface area contributed by atoms with Crippen molar-refractivity contribution in [2.45, 2.75) is 91.2 Å². The highest BCUT2D eigenvalue weighted by molar-refractivity contribution is 6.05. The standard InChI is InChI=1S/C49H77N7O12/c1-7-9-28-66-42-38-16-13-17-39(42)45(59)52-23-26-56(36-57)35-37(15-11-12-20-53-48(62)68-49(3,4)5)54-47(61)41-19-14-18-40(43(41)67-29-10-8-2)46(60)51-22-25-55(24-21-50-44(38)58)27-30-64-33-34-65-32-31-63-6/h13-14,16-19,36-37H,7-12,15,20-35H2,1-6H3,(H,50,58)(H,51,60)(H,52,59)(H,53,62)(H,54,61). The molecule has 3 rings (SSSR count). The molecule has 0 radical (unpaired) electrons. The molecule has 19 nitrogen and oxygen atoms in total. The van der Waals surface area contributed by atoms with Gasteiger partial charge in [0.05, 0.1) is 68.5 Å². The third-order valence-electron chi connectivity index (χ3n) is 10.6. The summed E-state index contributed by atoms with van der Waals surface area (Å²) in [6.45, 7) is 14.3. The van der Waals surface area contributed by atoms with E-state index < -0.39 is 41.4 Å². The smallest absolute Gasteiger partial charge is 0.407 e. The van der Waals surface area contributed by atoms with Crippen LogP contribution in [0.5, 0.6) is 11.5 Å². The summed E-state index contributed by atoms with van der Waals surface area (Å²) < 4.78 is 34.0. The number of benzene rings is 2. The van der Waals surface area contributed by atoms with Crippen LogP contribution in [0.2, 0.25) is 0 Å². The van der Waals surface area contributed by atoms with Crippen molar-refractivity contribution in [1.29, 1.82) is 0 Å². The summed E-state index contributed by atoms with van der Waals surface area (Å²) in [5.41, 5.74) is 0.0699. The molecule has 0 fully saturated rings. The monoisotopic (exact) mass is 956 g/mol. The van der Waals surface area contributed by atoms with Crippen molar-refractivity contribution in [2.75, 3.05) is 112 Å². The van der Waals surface area contributed by atoms with Crippen molar-refractivity contribution in [1.82, 2.24) is 36.4 Å². The Bertz CT molecular complexity index is 1860. The van der Waals surface area contributed by atoms with E-state index >= 15 is 0 Å². The summed E-state index contributed by atoms with van der Waals surface area (Å²) in [4.78, 5) is 84.0. The molecule has 380 valence electrons. The van der Waals surface area contributed by atoms with Crippen LogP contribution in [0, 0.1) is 0 Å². The molecule has 0 saturated heterocycles. The minimum Gasteiger partial charge on any atom is -0.492 e. The van der Waals surface area contributed by atoms with Crippen LogP contribution in [-0.4, -0.2) is 170 Å². The van der Waals surface area contributed by atoms with E-state index in [-0.39, 0.29) is 79.7 Å². The zero-order valence-corrected chi connectivity index (χ0v) is 41.2. The molecule has 68 heavy (non-hydrogen) atoms. The van der Waals surface area contributed by atoms with E-state index in [1.165, 1.54) is 4.90 Å². The zero-order chi connectivity index (χ0) is 49.6. The van der Waals surface area contributed by atoms with Crippen LogP contribution in [0.4, 0.5) is 4.79 Å². The molecule has 0 saturated carbocycles. The van der Waals surface area contributed by atoms with E-state index in [1.54, 1.807) is 64.3 Å². The molecule has 1 atom stereocenters. The van der Waals surface area contributed by atoms with Crippen LogP contribution in [-0.2, 0) is 23.7 Å². The SMILES string of the molecule is CCCCOc1c2cccc1C(=O)NCCN(CCOCCOCCOC)CCNC(=O)c1cccc(c1OCCCC)C(=O)NC(CCCCNC(=O)OC(C)(C)C)CN(C=O)CCNC2=O. The van der Waals surface area contributed by atoms with Crippen molar-refractivity contribution in [2.24, 2.45) is 0 Å². The second kappa shape index (κ2) is 32.3. The Labute approximate surface area is 402 Å². The number of unbranched alkanes of at least 4 members (excludes halogenated alkanes) is 3. The van der Waals surface area contributed by atoms with Crippen LogP contribution in [0.25, 0.3) is 0 Å². The highest BCUT2D eigenvalue weighted by atomic mass is 16.6. The number of para-hydroxylation sites is 2. The normalized spacial score (nSPS) is 16.1. The number of methoxy groups -OCH3 is 1. The number of hydrogen-bond acceptors (Lipinski definition) is 13. The molecule has 4 bridgehead atoms. The number of nitrogens with one attached hydrogen (secondary N) is 5. The first-order chi connectivity index (χ1) is 32.8. The predicted octanol–water partition coefficient (Wildman–Crippen LogP) is 4.18. The van der Waals surface area contributed by atoms with Crippen molar-refractivity contribution in [3.8, 4) is 11.5 Å². The van der Waals surface area contributed by atoms with Gasteiger partial charge in [-0.2, -0.15) is 0 Å². The summed E-state index contributed by atoms with van der Waals surface area (Å²) in [5.74, 6) is -1.54. The molecule has 1 aliphatic rings. The summed E-state index contributed by atoms with van der Waals surface area (Å²) in [6, 6.07) is 9.07. The minimum atomic E-state index is -0.649. The second-order valence-electron chi connectivity index (χ2n) is 17.3. The number of ether oxygens (including phenoxy) is 6. The Morgan fingerprint density at radius 3 is 1.69 bits per heavy atom. The fraction of sp³-hybridized carbons (Fsp3) is 0.633. The number of carbonyl (C=O) groups is 6. The summed E-state index contributed by atoms with van der Waals surface area (Å²) in [5, 5.41) is 14.7. The number of hydrogen-bond donors (Lipinski definition) is 5. The van der Waals surface area contributed by atoms with Crippen molar-refractivity contribution in [3.63, 3.8) is 0 Å². The molecule has 2 aromatic rings. The van der Waals surface area contributed by atoms with E-state index in [0.29, 0.717) is 97.7 Å².